The van der Waals surface area contributed by atoms with E-state index in [-0.39, 0.29) is 24.4 Å². The van der Waals surface area contributed by atoms with E-state index in [1.54, 1.807) is 4.68 Å². The van der Waals surface area contributed by atoms with Gasteiger partial charge in [-0.3, -0.25) is 14.5 Å². The van der Waals surface area contributed by atoms with Crippen molar-refractivity contribution in [3.8, 4) is 0 Å². The fraction of sp³-hybridized carbons (Fsp3) is 0.615. The summed E-state index contributed by atoms with van der Waals surface area (Å²) in [7, 11) is 0. The van der Waals surface area contributed by atoms with E-state index in [1.165, 1.54) is 4.90 Å². The normalized spacial score (nSPS) is 16.2. The first-order chi connectivity index (χ1) is 9.01. The largest absolute Gasteiger partial charge is 0.352 e. The zero-order chi connectivity index (χ0) is 14.0. The maximum atomic E-state index is 12.0. The molecule has 6 nitrogen and oxygen atoms in total. The Morgan fingerprint density at radius 2 is 2.32 bits per heavy atom. The molecule has 0 fully saturated rings. The van der Waals surface area contributed by atoms with Gasteiger partial charge < -0.3 is 5.32 Å². The van der Waals surface area contributed by atoms with Crippen molar-refractivity contribution in [3.05, 3.63) is 11.8 Å². The highest BCUT2D eigenvalue weighted by atomic mass is 16.2. The van der Waals surface area contributed by atoms with Crippen LogP contribution in [-0.4, -0.2) is 34.2 Å². The van der Waals surface area contributed by atoms with Crippen LogP contribution in [-0.2, 0) is 16.1 Å². The van der Waals surface area contributed by atoms with Gasteiger partial charge in [0.25, 0.3) is 0 Å². The van der Waals surface area contributed by atoms with Crippen LogP contribution >= 0.6 is 0 Å². The number of carbonyl (C=O) groups is 2. The molecule has 1 aliphatic rings. The fourth-order valence-corrected chi connectivity index (χ4v) is 2.11. The summed E-state index contributed by atoms with van der Waals surface area (Å²) >= 11 is 0. The van der Waals surface area contributed by atoms with Crippen LogP contribution in [0.15, 0.2) is 6.07 Å². The molecule has 1 unspecified atom stereocenters. The molecule has 2 rings (SSSR count). The predicted octanol–water partition coefficient (Wildman–Crippen LogP) is 0.843. The molecule has 104 valence electrons. The van der Waals surface area contributed by atoms with Crippen LogP contribution in [0.1, 0.15) is 32.4 Å². The zero-order valence-electron chi connectivity index (χ0n) is 11.6. The Morgan fingerprint density at radius 1 is 1.58 bits per heavy atom. The van der Waals surface area contributed by atoms with Crippen molar-refractivity contribution >= 4 is 17.6 Å². The van der Waals surface area contributed by atoms with Crippen molar-refractivity contribution in [3.63, 3.8) is 0 Å². The number of hydrogen-bond donors (Lipinski definition) is 1. The highest BCUT2D eigenvalue weighted by molar-refractivity contribution is 5.99. The van der Waals surface area contributed by atoms with Gasteiger partial charge in [0, 0.05) is 18.5 Å². The first-order valence-corrected chi connectivity index (χ1v) is 6.65. The van der Waals surface area contributed by atoms with Gasteiger partial charge in [0.05, 0.1) is 12.2 Å². The number of anilines is 1. The molecule has 2 heterocycles. The lowest BCUT2D eigenvalue weighted by Crippen LogP contribution is -2.46. The third-order valence-corrected chi connectivity index (χ3v) is 3.32. The van der Waals surface area contributed by atoms with Gasteiger partial charge in [-0.15, -0.1) is 0 Å². The Labute approximate surface area is 112 Å². The molecule has 0 radical (unpaired) electrons. The van der Waals surface area contributed by atoms with Crippen molar-refractivity contribution in [1.29, 1.82) is 0 Å². The number of nitrogens with zero attached hydrogens (tertiary/aromatic N) is 3. The Hall–Kier alpha value is -1.85. The number of hydrogen-bond acceptors (Lipinski definition) is 3. The number of amides is 2. The number of carbonyl (C=O) groups excluding carboxylic acids is 2. The van der Waals surface area contributed by atoms with E-state index in [9.17, 15) is 9.59 Å². The summed E-state index contributed by atoms with van der Waals surface area (Å²) < 4.78 is 1.78. The van der Waals surface area contributed by atoms with Crippen molar-refractivity contribution in [1.82, 2.24) is 15.1 Å². The van der Waals surface area contributed by atoms with Crippen LogP contribution < -0.4 is 10.2 Å². The molecule has 1 aromatic rings. The van der Waals surface area contributed by atoms with Crippen LogP contribution in [0.3, 0.4) is 0 Å². The molecule has 1 atom stereocenters. The minimum Gasteiger partial charge on any atom is -0.352 e. The van der Waals surface area contributed by atoms with Gasteiger partial charge in [0.15, 0.2) is 0 Å². The maximum Gasteiger partial charge on any atom is 0.240 e. The third-order valence-electron chi connectivity index (χ3n) is 3.32. The van der Waals surface area contributed by atoms with E-state index in [1.807, 2.05) is 26.8 Å². The van der Waals surface area contributed by atoms with Crippen LogP contribution in [0.5, 0.6) is 0 Å². The molecule has 0 aliphatic carbocycles. The summed E-state index contributed by atoms with van der Waals surface area (Å²) in [5.41, 5.74) is 0.858. The van der Waals surface area contributed by atoms with Crippen LogP contribution in [0, 0.1) is 6.92 Å². The minimum absolute atomic E-state index is 0.0216. The van der Waals surface area contributed by atoms with Crippen molar-refractivity contribution in [2.45, 2.75) is 46.2 Å². The van der Waals surface area contributed by atoms with Crippen LogP contribution in [0.2, 0.25) is 0 Å². The lowest BCUT2D eigenvalue weighted by molar-refractivity contribution is -0.124. The second-order valence-corrected chi connectivity index (χ2v) is 4.97. The Bertz CT molecular complexity index is 495. The Kier molecular flexibility index (Phi) is 3.87. The average molecular weight is 264 g/mol. The molecule has 1 aliphatic heterocycles. The summed E-state index contributed by atoms with van der Waals surface area (Å²) in [4.78, 5) is 25.4. The summed E-state index contributed by atoms with van der Waals surface area (Å²) in [6, 6.07) is 1.96. The molecule has 1 aromatic heterocycles. The summed E-state index contributed by atoms with van der Waals surface area (Å²) in [6.07, 6.45) is 1.27. The Balaban J connectivity index is 2.11. The first kappa shape index (κ1) is 13.6. The molecule has 0 aromatic carbocycles. The van der Waals surface area contributed by atoms with E-state index in [0.717, 1.165) is 12.1 Å². The highest BCUT2D eigenvalue weighted by Crippen LogP contribution is 2.21. The smallest absolute Gasteiger partial charge is 0.240 e. The van der Waals surface area contributed by atoms with Gasteiger partial charge in [-0.25, -0.2) is 4.68 Å². The molecule has 0 saturated heterocycles. The highest BCUT2D eigenvalue weighted by Gasteiger charge is 2.27. The number of aryl methyl sites for hydroxylation is 2. The summed E-state index contributed by atoms with van der Waals surface area (Å²) in [6.45, 7) is 6.49. The second kappa shape index (κ2) is 5.42. The van der Waals surface area contributed by atoms with Crippen LogP contribution in [0.25, 0.3) is 0 Å². The number of rotatable bonds is 4. The second-order valence-electron chi connectivity index (χ2n) is 4.97. The molecule has 2 amide bonds. The van der Waals surface area contributed by atoms with Crippen molar-refractivity contribution in [2.24, 2.45) is 0 Å². The minimum atomic E-state index is -0.130. The molecule has 0 spiro atoms. The average Bonchev–Trinajstić information content (AvgIpc) is 2.73. The first-order valence-electron chi connectivity index (χ1n) is 6.65. The molecular formula is C13H20N4O2. The van der Waals surface area contributed by atoms with E-state index in [0.29, 0.717) is 18.8 Å². The molecule has 0 saturated carbocycles. The standard InChI is InChI=1S/C13H20N4O2/c1-4-9(2)14-11(18)8-16-12-7-10(3)15-17(12)6-5-13(16)19/h7,9H,4-6,8H2,1-3H3,(H,14,18). The summed E-state index contributed by atoms with van der Waals surface area (Å²) in [5.74, 6) is 0.565. The lowest BCUT2D eigenvalue weighted by Gasteiger charge is -2.27. The topological polar surface area (TPSA) is 67.2 Å². The molecule has 6 heteroatoms. The molecule has 0 bridgehead atoms. The van der Waals surface area contributed by atoms with Gasteiger partial charge in [0.1, 0.15) is 12.4 Å². The summed E-state index contributed by atoms with van der Waals surface area (Å²) in [5, 5.41) is 7.18. The number of nitrogens with one attached hydrogen (secondary N) is 1. The van der Waals surface area contributed by atoms with E-state index >= 15 is 0 Å². The van der Waals surface area contributed by atoms with Crippen LogP contribution in [0.4, 0.5) is 5.82 Å². The van der Waals surface area contributed by atoms with Crippen molar-refractivity contribution in [2.75, 3.05) is 11.4 Å². The van der Waals surface area contributed by atoms with Gasteiger partial charge in [-0.2, -0.15) is 5.10 Å². The molecule has 19 heavy (non-hydrogen) atoms. The lowest BCUT2D eigenvalue weighted by atomic mass is 10.2. The molecular weight excluding hydrogens is 244 g/mol. The maximum absolute atomic E-state index is 12.0. The van der Waals surface area contributed by atoms with E-state index < -0.39 is 0 Å². The van der Waals surface area contributed by atoms with Gasteiger partial charge in [-0.1, -0.05) is 6.92 Å². The van der Waals surface area contributed by atoms with Crippen molar-refractivity contribution < 1.29 is 9.59 Å². The van der Waals surface area contributed by atoms with Gasteiger partial charge in [0.2, 0.25) is 11.8 Å². The van der Waals surface area contributed by atoms with Gasteiger partial charge >= 0.3 is 0 Å². The third kappa shape index (κ3) is 2.94. The quantitative estimate of drug-likeness (QED) is 0.876. The molecule has 1 N–H and O–H groups in total. The monoisotopic (exact) mass is 264 g/mol. The fourth-order valence-electron chi connectivity index (χ4n) is 2.11. The zero-order valence-corrected chi connectivity index (χ0v) is 11.6. The SMILES string of the molecule is CCC(C)NC(=O)CN1C(=O)CCn2nc(C)cc21. The Morgan fingerprint density at radius 3 is 3.00 bits per heavy atom. The predicted molar refractivity (Wildman–Crippen MR) is 71.8 cm³/mol. The van der Waals surface area contributed by atoms with E-state index in [2.05, 4.69) is 10.4 Å². The number of fused-ring (bicyclic) bond motifs is 1. The van der Waals surface area contributed by atoms with Gasteiger partial charge in [-0.05, 0) is 20.3 Å². The number of aromatic nitrogens is 2. The van der Waals surface area contributed by atoms with E-state index in [4.69, 9.17) is 0 Å².